The predicted molar refractivity (Wildman–Crippen MR) is 71.4 cm³/mol. The van der Waals surface area contributed by atoms with Crippen molar-refractivity contribution < 1.29 is 0 Å². The van der Waals surface area contributed by atoms with Crippen molar-refractivity contribution in [1.29, 1.82) is 0 Å². The van der Waals surface area contributed by atoms with E-state index in [-0.39, 0.29) is 5.56 Å². The third-order valence-corrected chi connectivity index (χ3v) is 2.47. The van der Waals surface area contributed by atoms with Crippen molar-refractivity contribution in [3.63, 3.8) is 0 Å². The monoisotopic (exact) mass is 247 g/mol. The molecular formula is C12H13N3OS. The van der Waals surface area contributed by atoms with Crippen molar-refractivity contribution in [3.05, 3.63) is 50.5 Å². The van der Waals surface area contributed by atoms with Gasteiger partial charge in [-0.05, 0) is 49.3 Å². The fourth-order valence-corrected chi connectivity index (χ4v) is 1.95. The summed E-state index contributed by atoms with van der Waals surface area (Å²) in [5.41, 5.74) is 3.03. The third kappa shape index (κ3) is 3.04. The molecule has 1 heterocycles. The average Bonchev–Trinajstić information content (AvgIpc) is 2.13. The number of hydrogen-bond acceptors (Lipinski definition) is 3. The third-order valence-electron chi connectivity index (χ3n) is 2.26. The maximum absolute atomic E-state index is 11.3. The molecule has 1 aromatic heterocycles. The Hall–Kier alpha value is -1.88. The molecule has 5 heteroatoms. The summed E-state index contributed by atoms with van der Waals surface area (Å²) in [6.45, 7) is 4.05. The topological polar surface area (TPSA) is 60.7 Å². The average molecular weight is 247 g/mol. The number of H-pyrrole nitrogens is 2. The van der Waals surface area contributed by atoms with E-state index in [4.69, 9.17) is 12.2 Å². The number of aryl methyl sites for hydroxylation is 2. The molecule has 2 rings (SSSR count). The molecule has 0 bridgehead atoms. The lowest BCUT2D eigenvalue weighted by atomic mass is 10.1. The second-order valence-electron chi connectivity index (χ2n) is 4.00. The minimum absolute atomic E-state index is 0.222. The van der Waals surface area contributed by atoms with Crippen LogP contribution in [0.25, 0.3) is 0 Å². The molecule has 0 saturated heterocycles. The standard InChI is InChI=1S/C12H13N3OS/c1-7-3-8(2)5-9(4-7)13-10-6-11(16)15-12(17)14-10/h3-6H,1-2H3,(H3,13,14,15,16,17). The molecule has 0 aliphatic rings. The van der Waals surface area contributed by atoms with Crippen molar-refractivity contribution >= 4 is 23.7 Å². The highest BCUT2D eigenvalue weighted by Gasteiger charge is 1.98. The zero-order valence-electron chi connectivity index (χ0n) is 9.63. The van der Waals surface area contributed by atoms with Crippen LogP contribution < -0.4 is 10.9 Å². The summed E-state index contributed by atoms with van der Waals surface area (Å²) >= 11 is 4.90. The van der Waals surface area contributed by atoms with Gasteiger partial charge in [0.1, 0.15) is 5.82 Å². The van der Waals surface area contributed by atoms with Crippen LogP contribution in [0.4, 0.5) is 11.5 Å². The normalized spacial score (nSPS) is 10.2. The first-order chi connectivity index (χ1) is 8.02. The summed E-state index contributed by atoms with van der Waals surface area (Å²) in [6, 6.07) is 7.54. The lowest BCUT2D eigenvalue weighted by molar-refractivity contribution is 1.09. The molecule has 0 aliphatic carbocycles. The van der Waals surface area contributed by atoms with Gasteiger partial charge in [0.05, 0.1) is 0 Å². The van der Waals surface area contributed by atoms with E-state index in [9.17, 15) is 4.79 Å². The van der Waals surface area contributed by atoms with E-state index >= 15 is 0 Å². The van der Waals surface area contributed by atoms with E-state index in [1.807, 2.05) is 26.0 Å². The fourth-order valence-electron chi connectivity index (χ4n) is 1.74. The van der Waals surface area contributed by atoms with Crippen molar-refractivity contribution in [1.82, 2.24) is 9.97 Å². The lowest BCUT2D eigenvalue weighted by Crippen LogP contribution is -2.08. The summed E-state index contributed by atoms with van der Waals surface area (Å²) in [6.07, 6.45) is 0. The Morgan fingerprint density at radius 2 is 1.71 bits per heavy atom. The number of nitrogens with one attached hydrogen (secondary N) is 3. The van der Waals surface area contributed by atoms with Crippen LogP contribution in [0.5, 0.6) is 0 Å². The van der Waals surface area contributed by atoms with E-state index in [2.05, 4.69) is 21.4 Å². The molecule has 0 fully saturated rings. The van der Waals surface area contributed by atoms with Crippen LogP contribution in [0.2, 0.25) is 0 Å². The first-order valence-electron chi connectivity index (χ1n) is 5.22. The van der Waals surface area contributed by atoms with Gasteiger partial charge in [-0.15, -0.1) is 0 Å². The minimum Gasteiger partial charge on any atom is -0.342 e. The SMILES string of the molecule is Cc1cc(C)cc(Nc2cc(=O)[nH]c(=S)[nH]2)c1. The van der Waals surface area contributed by atoms with Crippen molar-refractivity contribution in [2.24, 2.45) is 0 Å². The molecule has 0 aliphatic heterocycles. The van der Waals surface area contributed by atoms with Crippen LogP contribution >= 0.6 is 12.2 Å². The van der Waals surface area contributed by atoms with Gasteiger partial charge < -0.3 is 10.3 Å². The zero-order chi connectivity index (χ0) is 12.4. The van der Waals surface area contributed by atoms with Gasteiger partial charge in [0, 0.05) is 11.8 Å². The highest BCUT2D eigenvalue weighted by atomic mass is 32.1. The van der Waals surface area contributed by atoms with Gasteiger partial charge in [0.15, 0.2) is 4.77 Å². The molecule has 3 N–H and O–H groups in total. The summed E-state index contributed by atoms with van der Waals surface area (Å²) < 4.78 is 0.310. The Morgan fingerprint density at radius 1 is 1.06 bits per heavy atom. The number of rotatable bonds is 2. The van der Waals surface area contributed by atoms with Crippen LogP contribution in [-0.2, 0) is 0 Å². The van der Waals surface area contributed by atoms with Gasteiger partial charge >= 0.3 is 0 Å². The number of aromatic amines is 2. The smallest absolute Gasteiger partial charge is 0.253 e. The van der Waals surface area contributed by atoms with Crippen molar-refractivity contribution in [2.75, 3.05) is 5.32 Å². The van der Waals surface area contributed by atoms with Gasteiger partial charge in [-0.25, -0.2) is 0 Å². The number of benzene rings is 1. The van der Waals surface area contributed by atoms with Gasteiger partial charge in [0.25, 0.3) is 5.56 Å². The second kappa shape index (κ2) is 4.55. The van der Waals surface area contributed by atoms with Gasteiger partial charge in [0.2, 0.25) is 0 Å². The van der Waals surface area contributed by atoms with E-state index in [0.29, 0.717) is 10.6 Å². The van der Waals surface area contributed by atoms with E-state index < -0.39 is 0 Å². The maximum Gasteiger partial charge on any atom is 0.253 e. The van der Waals surface area contributed by atoms with E-state index in [1.165, 1.54) is 6.07 Å². The summed E-state index contributed by atoms with van der Waals surface area (Å²) in [7, 11) is 0. The van der Waals surface area contributed by atoms with Gasteiger partial charge in [-0.1, -0.05) is 6.07 Å². The molecule has 0 atom stereocenters. The molecule has 0 unspecified atom stereocenters. The first kappa shape index (κ1) is 11.6. The minimum atomic E-state index is -0.222. The van der Waals surface area contributed by atoms with Crippen LogP contribution in [0.15, 0.2) is 29.1 Å². The van der Waals surface area contributed by atoms with Crippen molar-refractivity contribution in [3.8, 4) is 0 Å². The molecule has 2 aromatic rings. The molecule has 88 valence electrons. The molecule has 17 heavy (non-hydrogen) atoms. The molecule has 4 nitrogen and oxygen atoms in total. The Bertz CT molecular complexity index is 609. The highest BCUT2D eigenvalue weighted by molar-refractivity contribution is 7.71. The second-order valence-corrected chi connectivity index (χ2v) is 4.41. The Kier molecular flexibility index (Phi) is 3.10. The van der Waals surface area contributed by atoms with Gasteiger partial charge in [-0.2, -0.15) is 0 Å². The quantitative estimate of drug-likeness (QED) is 0.715. The zero-order valence-corrected chi connectivity index (χ0v) is 10.4. The summed E-state index contributed by atoms with van der Waals surface area (Å²) in [4.78, 5) is 16.6. The number of aromatic nitrogens is 2. The lowest BCUT2D eigenvalue weighted by Gasteiger charge is -2.08. The molecule has 0 amide bonds. The van der Waals surface area contributed by atoms with Crippen LogP contribution in [0, 0.1) is 18.6 Å². The Labute approximate surface area is 104 Å². The van der Waals surface area contributed by atoms with Gasteiger partial charge in [-0.3, -0.25) is 9.78 Å². The Balaban J connectivity index is 2.37. The molecule has 1 aromatic carbocycles. The van der Waals surface area contributed by atoms with E-state index in [0.717, 1.165) is 16.8 Å². The predicted octanol–water partition coefficient (Wildman–Crippen LogP) is 2.79. The van der Waals surface area contributed by atoms with E-state index in [1.54, 1.807) is 0 Å². The first-order valence-corrected chi connectivity index (χ1v) is 5.63. The van der Waals surface area contributed by atoms with Crippen LogP contribution in [0.3, 0.4) is 0 Å². The summed E-state index contributed by atoms with van der Waals surface area (Å²) in [5, 5.41) is 3.12. The highest BCUT2D eigenvalue weighted by Crippen LogP contribution is 2.17. The molecular weight excluding hydrogens is 234 g/mol. The fraction of sp³-hybridized carbons (Fsp3) is 0.167. The molecule has 0 spiro atoms. The van der Waals surface area contributed by atoms with Crippen LogP contribution in [-0.4, -0.2) is 9.97 Å². The Morgan fingerprint density at radius 3 is 2.29 bits per heavy atom. The molecule has 0 radical (unpaired) electrons. The van der Waals surface area contributed by atoms with Crippen LogP contribution in [0.1, 0.15) is 11.1 Å². The van der Waals surface area contributed by atoms with Crippen molar-refractivity contribution in [2.45, 2.75) is 13.8 Å². The molecule has 0 saturated carbocycles. The number of anilines is 2. The maximum atomic E-state index is 11.3. The largest absolute Gasteiger partial charge is 0.342 e. The number of hydrogen-bond donors (Lipinski definition) is 3. The summed E-state index contributed by atoms with van der Waals surface area (Å²) in [5.74, 6) is 0.587.